The molecule has 0 N–H and O–H groups in total. The van der Waals surface area contributed by atoms with E-state index in [1.54, 1.807) is 16.9 Å². The van der Waals surface area contributed by atoms with Crippen LogP contribution in [0.25, 0.3) is 0 Å². The summed E-state index contributed by atoms with van der Waals surface area (Å²) in [5, 5.41) is 12.3. The molecule has 1 saturated heterocycles. The van der Waals surface area contributed by atoms with Crippen LogP contribution >= 0.6 is 0 Å². The van der Waals surface area contributed by atoms with Crippen molar-refractivity contribution in [1.29, 1.82) is 0 Å². The van der Waals surface area contributed by atoms with Gasteiger partial charge in [0, 0.05) is 31.3 Å². The zero-order valence-electron chi connectivity index (χ0n) is 13.8. The minimum Gasteiger partial charge on any atom is -0.299 e. The second-order valence-corrected chi connectivity index (χ2v) is 7.02. The average molecular weight is 325 g/mol. The van der Waals surface area contributed by atoms with Gasteiger partial charge >= 0.3 is 0 Å². The Bertz CT molecular complexity index is 733. The van der Waals surface area contributed by atoms with E-state index in [9.17, 15) is 4.79 Å². The number of hydrogen-bond acceptors (Lipinski definition) is 5. The predicted octanol–water partition coefficient (Wildman–Crippen LogP) is 1.82. The van der Waals surface area contributed by atoms with Crippen LogP contribution < -0.4 is 5.56 Å². The Morgan fingerprint density at radius 3 is 2.58 bits per heavy atom. The Labute approximate surface area is 141 Å². The molecule has 2 aromatic rings. The minimum atomic E-state index is 0.0321. The normalized spacial score (nSPS) is 19.5. The highest BCUT2D eigenvalue weighted by Gasteiger charge is 2.26. The van der Waals surface area contributed by atoms with Crippen LogP contribution in [0.15, 0.2) is 35.4 Å². The van der Waals surface area contributed by atoms with Crippen molar-refractivity contribution in [3.05, 3.63) is 52.2 Å². The SMILES string of the molecule is O=c1ccc(C2CC2)nn1CC1CCN(Cc2ccnnc2)CC1. The molecule has 0 bridgehead atoms. The van der Waals surface area contributed by atoms with Gasteiger partial charge < -0.3 is 0 Å². The van der Waals surface area contributed by atoms with Gasteiger partial charge in [-0.2, -0.15) is 15.3 Å². The van der Waals surface area contributed by atoms with Crippen molar-refractivity contribution in [3.63, 3.8) is 0 Å². The largest absolute Gasteiger partial charge is 0.299 e. The van der Waals surface area contributed by atoms with Gasteiger partial charge in [0.05, 0.1) is 11.9 Å². The summed E-state index contributed by atoms with van der Waals surface area (Å²) in [5.41, 5.74) is 2.33. The molecule has 0 unspecified atom stereocenters. The molecule has 1 aliphatic carbocycles. The zero-order chi connectivity index (χ0) is 16.4. The Balaban J connectivity index is 1.33. The maximum absolute atomic E-state index is 12.1. The molecular formula is C18H23N5O. The molecule has 1 saturated carbocycles. The Morgan fingerprint density at radius 2 is 1.88 bits per heavy atom. The number of hydrogen-bond donors (Lipinski definition) is 0. The van der Waals surface area contributed by atoms with E-state index in [1.165, 1.54) is 18.4 Å². The van der Waals surface area contributed by atoms with E-state index in [-0.39, 0.29) is 5.56 Å². The highest BCUT2D eigenvalue weighted by molar-refractivity contribution is 5.12. The molecular weight excluding hydrogens is 302 g/mol. The first-order valence-electron chi connectivity index (χ1n) is 8.84. The molecule has 126 valence electrons. The number of likely N-dealkylation sites (tertiary alicyclic amines) is 1. The van der Waals surface area contributed by atoms with Gasteiger partial charge in [-0.3, -0.25) is 9.69 Å². The number of rotatable bonds is 5. The predicted molar refractivity (Wildman–Crippen MR) is 90.5 cm³/mol. The van der Waals surface area contributed by atoms with Crippen LogP contribution in [-0.2, 0) is 13.1 Å². The standard InChI is InChI=1S/C18H23N5O/c24-18-4-3-17(16-1-2-16)21-23(18)13-14-6-9-22(10-7-14)12-15-5-8-19-20-11-15/h3-5,8,11,14,16H,1-2,6-7,9-10,12-13H2. The molecule has 2 aromatic heterocycles. The van der Waals surface area contributed by atoms with Crippen LogP contribution in [0.4, 0.5) is 0 Å². The fourth-order valence-corrected chi connectivity index (χ4v) is 3.43. The molecule has 0 radical (unpaired) electrons. The summed E-state index contributed by atoms with van der Waals surface area (Å²) in [6.07, 6.45) is 8.23. The first kappa shape index (κ1) is 15.4. The van der Waals surface area contributed by atoms with Crippen molar-refractivity contribution in [1.82, 2.24) is 24.9 Å². The quantitative estimate of drug-likeness (QED) is 0.839. The molecule has 3 heterocycles. The van der Waals surface area contributed by atoms with Crippen LogP contribution in [0.2, 0.25) is 0 Å². The molecule has 6 nitrogen and oxygen atoms in total. The first-order chi connectivity index (χ1) is 11.8. The van der Waals surface area contributed by atoms with E-state index in [1.807, 2.05) is 18.3 Å². The van der Waals surface area contributed by atoms with E-state index >= 15 is 0 Å². The third-order valence-corrected chi connectivity index (χ3v) is 5.07. The van der Waals surface area contributed by atoms with E-state index in [4.69, 9.17) is 0 Å². The summed E-state index contributed by atoms with van der Waals surface area (Å²) in [6, 6.07) is 5.61. The molecule has 1 aliphatic heterocycles. The topological polar surface area (TPSA) is 63.9 Å². The van der Waals surface area contributed by atoms with Crippen molar-refractivity contribution < 1.29 is 0 Å². The summed E-state index contributed by atoms with van der Waals surface area (Å²) in [4.78, 5) is 14.5. The second-order valence-electron chi connectivity index (χ2n) is 7.02. The summed E-state index contributed by atoms with van der Waals surface area (Å²) >= 11 is 0. The Hall–Kier alpha value is -2.08. The fraction of sp³-hybridized carbons (Fsp3) is 0.556. The third-order valence-electron chi connectivity index (χ3n) is 5.07. The lowest BCUT2D eigenvalue weighted by Gasteiger charge is -2.31. The maximum atomic E-state index is 12.1. The monoisotopic (exact) mass is 325 g/mol. The molecule has 6 heteroatoms. The molecule has 2 aliphatic rings. The zero-order valence-corrected chi connectivity index (χ0v) is 13.8. The van der Waals surface area contributed by atoms with E-state index in [0.717, 1.165) is 44.7 Å². The van der Waals surface area contributed by atoms with E-state index < -0.39 is 0 Å². The van der Waals surface area contributed by atoms with E-state index in [0.29, 0.717) is 11.8 Å². The van der Waals surface area contributed by atoms with Gasteiger partial charge in [0.2, 0.25) is 0 Å². The lowest BCUT2D eigenvalue weighted by atomic mass is 9.96. The molecule has 0 atom stereocenters. The number of nitrogens with zero attached hydrogens (tertiary/aromatic N) is 5. The summed E-state index contributed by atoms with van der Waals surface area (Å²) in [6.45, 7) is 3.80. The van der Waals surface area contributed by atoms with Crippen LogP contribution in [0.5, 0.6) is 0 Å². The van der Waals surface area contributed by atoms with Crippen LogP contribution in [0, 0.1) is 5.92 Å². The summed E-state index contributed by atoms with van der Waals surface area (Å²) in [5.74, 6) is 1.13. The fourth-order valence-electron chi connectivity index (χ4n) is 3.43. The average Bonchev–Trinajstić information content (AvgIpc) is 3.45. The van der Waals surface area contributed by atoms with Gasteiger partial charge in [-0.05, 0) is 62.4 Å². The van der Waals surface area contributed by atoms with Gasteiger partial charge in [-0.15, -0.1) is 0 Å². The van der Waals surface area contributed by atoms with Crippen molar-refractivity contribution in [2.75, 3.05) is 13.1 Å². The number of piperidine rings is 1. The second kappa shape index (κ2) is 6.81. The Kier molecular flexibility index (Phi) is 4.38. The van der Waals surface area contributed by atoms with E-state index in [2.05, 4.69) is 20.2 Å². The van der Waals surface area contributed by atoms with Crippen molar-refractivity contribution in [2.24, 2.45) is 5.92 Å². The molecule has 0 amide bonds. The Morgan fingerprint density at radius 1 is 1.04 bits per heavy atom. The lowest BCUT2D eigenvalue weighted by molar-refractivity contribution is 0.163. The molecule has 24 heavy (non-hydrogen) atoms. The van der Waals surface area contributed by atoms with Gasteiger partial charge in [-0.1, -0.05) is 0 Å². The van der Waals surface area contributed by atoms with Crippen LogP contribution in [0.3, 0.4) is 0 Å². The maximum Gasteiger partial charge on any atom is 0.266 e. The van der Waals surface area contributed by atoms with Crippen LogP contribution in [0.1, 0.15) is 42.9 Å². The van der Waals surface area contributed by atoms with Gasteiger partial charge in [0.25, 0.3) is 5.56 Å². The molecule has 2 fully saturated rings. The van der Waals surface area contributed by atoms with Gasteiger partial charge in [0.1, 0.15) is 0 Å². The highest BCUT2D eigenvalue weighted by Crippen LogP contribution is 2.38. The lowest BCUT2D eigenvalue weighted by Crippen LogP contribution is -2.36. The van der Waals surface area contributed by atoms with Gasteiger partial charge in [0.15, 0.2) is 0 Å². The van der Waals surface area contributed by atoms with Gasteiger partial charge in [-0.25, -0.2) is 4.68 Å². The number of aromatic nitrogens is 4. The van der Waals surface area contributed by atoms with Crippen molar-refractivity contribution in [3.8, 4) is 0 Å². The molecule has 4 rings (SSSR count). The third kappa shape index (κ3) is 3.70. The molecule has 0 spiro atoms. The molecule has 0 aromatic carbocycles. The highest BCUT2D eigenvalue weighted by atomic mass is 16.1. The van der Waals surface area contributed by atoms with Crippen molar-refractivity contribution >= 4 is 0 Å². The first-order valence-corrected chi connectivity index (χ1v) is 8.84. The summed E-state index contributed by atoms with van der Waals surface area (Å²) < 4.78 is 1.70. The smallest absolute Gasteiger partial charge is 0.266 e. The minimum absolute atomic E-state index is 0.0321. The van der Waals surface area contributed by atoms with Crippen LogP contribution in [-0.4, -0.2) is 38.0 Å². The summed E-state index contributed by atoms with van der Waals surface area (Å²) in [7, 11) is 0. The van der Waals surface area contributed by atoms with Crippen molar-refractivity contribution in [2.45, 2.75) is 44.7 Å².